The van der Waals surface area contributed by atoms with Crippen molar-refractivity contribution >= 4 is 32.6 Å². The third-order valence-electron chi connectivity index (χ3n) is 3.58. The molecule has 0 unspecified atom stereocenters. The van der Waals surface area contributed by atoms with E-state index in [4.69, 9.17) is 14.2 Å². The first-order valence-corrected chi connectivity index (χ1v) is 9.11. The monoisotopic (exact) mass is 372 g/mol. The molecule has 0 saturated carbocycles. The van der Waals surface area contributed by atoms with Crippen molar-refractivity contribution in [1.82, 2.24) is 4.98 Å². The molecule has 0 bridgehead atoms. The SMILES string of the molecule is CCOc1cc(OCC)cc(C(=O)Nc2nc3ccc(OC)cc3s2)c1. The van der Waals surface area contributed by atoms with Crippen LogP contribution in [-0.4, -0.2) is 31.2 Å². The maximum Gasteiger partial charge on any atom is 0.257 e. The number of nitrogens with zero attached hydrogens (tertiary/aromatic N) is 1. The van der Waals surface area contributed by atoms with Crippen molar-refractivity contribution in [3.63, 3.8) is 0 Å². The second kappa shape index (κ2) is 8.05. The molecule has 1 aromatic heterocycles. The number of ether oxygens (including phenoxy) is 3. The van der Waals surface area contributed by atoms with Gasteiger partial charge in [0.15, 0.2) is 5.13 Å². The van der Waals surface area contributed by atoms with Crippen LogP contribution in [0.1, 0.15) is 24.2 Å². The number of anilines is 1. The molecule has 1 N–H and O–H groups in total. The van der Waals surface area contributed by atoms with E-state index in [2.05, 4.69) is 10.3 Å². The van der Waals surface area contributed by atoms with Crippen molar-refractivity contribution in [3.05, 3.63) is 42.0 Å². The van der Waals surface area contributed by atoms with Gasteiger partial charge in [-0.2, -0.15) is 0 Å². The maximum absolute atomic E-state index is 12.6. The van der Waals surface area contributed by atoms with E-state index in [1.165, 1.54) is 11.3 Å². The van der Waals surface area contributed by atoms with Gasteiger partial charge < -0.3 is 14.2 Å². The van der Waals surface area contributed by atoms with Gasteiger partial charge in [0.1, 0.15) is 17.2 Å². The number of nitrogens with one attached hydrogen (secondary N) is 1. The highest BCUT2D eigenvalue weighted by atomic mass is 32.1. The van der Waals surface area contributed by atoms with Crippen LogP contribution < -0.4 is 19.5 Å². The number of carbonyl (C=O) groups excluding carboxylic acids is 1. The largest absolute Gasteiger partial charge is 0.497 e. The zero-order valence-electron chi connectivity index (χ0n) is 14.9. The molecule has 136 valence electrons. The van der Waals surface area contributed by atoms with Crippen molar-refractivity contribution < 1.29 is 19.0 Å². The molecule has 0 saturated heterocycles. The lowest BCUT2D eigenvalue weighted by atomic mass is 10.2. The number of hydrogen-bond donors (Lipinski definition) is 1. The summed E-state index contributed by atoms with van der Waals surface area (Å²) in [6.07, 6.45) is 0. The van der Waals surface area contributed by atoms with Crippen LogP contribution in [0.4, 0.5) is 5.13 Å². The van der Waals surface area contributed by atoms with Crippen molar-refractivity contribution in [3.8, 4) is 17.2 Å². The molecule has 0 spiro atoms. The van der Waals surface area contributed by atoms with Gasteiger partial charge in [0.25, 0.3) is 5.91 Å². The zero-order valence-corrected chi connectivity index (χ0v) is 15.7. The summed E-state index contributed by atoms with van der Waals surface area (Å²) in [6, 6.07) is 10.8. The number of carbonyl (C=O) groups is 1. The third kappa shape index (κ3) is 4.05. The van der Waals surface area contributed by atoms with E-state index in [0.717, 1.165) is 16.0 Å². The quantitative estimate of drug-likeness (QED) is 0.667. The standard InChI is InChI=1S/C19H20N2O4S/c1-4-24-14-8-12(9-15(10-14)25-5-2)18(22)21-19-20-16-7-6-13(23-3)11-17(16)26-19/h6-11H,4-5H2,1-3H3,(H,20,21,22). The summed E-state index contributed by atoms with van der Waals surface area (Å²) in [5.74, 6) is 1.68. The fourth-order valence-electron chi connectivity index (χ4n) is 2.46. The Balaban J connectivity index is 1.84. The molecule has 2 aromatic carbocycles. The predicted octanol–water partition coefficient (Wildman–Crippen LogP) is 4.35. The van der Waals surface area contributed by atoms with E-state index in [0.29, 0.717) is 35.4 Å². The molecular weight excluding hydrogens is 352 g/mol. The van der Waals surface area contributed by atoms with E-state index in [-0.39, 0.29) is 5.91 Å². The molecule has 3 aromatic rings. The Morgan fingerprint density at radius 1 is 1.04 bits per heavy atom. The summed E-state index contributed by atoms with van der Waals surface area (Å²) in [6.45, 7) is 4.80. The van der Waals surface area contributed by atoms with E-state index >= 15 is 0 Å². The Morgan fingerprint density at radius 2 is 1.73 bits per heavy atom. The molecule has 7 heteroatoms. The summed E-state index contributed by atoms with van der Waals surface area (Å²) >= 11 is 1.39. The highest BCUT2D eigenvalue weighted by Crippen LogP contribution is 2.30. The molecule has 3 rings (SSSR count). The minimum absolute atomic E-state index is 0.265. The Bertz CT molecular complexity index is 899. The van der Waals surface area contributed by atoms with Crippen LogP contribution in [0.2, 0.25) is 0 Å². The van der Waals surface area contributed by atoms with Crippen molar-refractivity contribution in [2.24, 2.45) is 0 Å². The first-order valence-electron chi connectivity index (χ1n) is 8.29. The molecule has 0 radical (unpaired) electrons. The van der Waals surface area contributed by atoms with E-state index in [1.54, 1.807) is 25.3 Å². The molecule has 1 heterocycles. The van der Waals surface area contributed by atoms with Crippen LogP contribution in [0.25, 0.3) is 10.2 Å². The minimum Gasteiger partial charge on any atom is -0.497 e. The summed E-state index contributed by atoms with van der Waals surface area (Å²) in [4.78, 5) is 17.1. The highest BCUT2D eigenvalue weighted by molar-refractivity contribution is 7.22. The normalized spacial score (nSPS) is 10.6. The number of amides is 1. The molecule has 0 aliphatic rings. The molecule has 0 aliphatic carbocycles. The first kappa shape index (κ1) is 18.0. The van der Waals surface area contributed by atoms with Gasteiger partial charge in [-0.1, -0.05) is 11.3 Å². The number of thiazole rings is 1. The van der Waals surface area contributed by atoms with Gasteiger partial charge in [0.2, 0.25) is 0 Å². The zero-order chi connectivity index (χ0) is 18.5. The van der Waals surface area contributed by atoms with Crippen molar-refractivity contribution in [2.75, 3.05) is 25.6 Å². The molecule has 0 fully saturated rings. The average Bonchev–Trinajstić information content (AvgIpc) is 3.03. The van der Waals surface area contributed by atoms with Gasteiger partial charge in [-0.15, -0.1) is 0 Å². The number of fused-ring (bicyclic) bond motifs is 1. The Hall–Kier alpha value is -2.80. The fraction of sp³-hybridized carbons (Fsp3) is 0.263. The van der Waals surface area contributed by atoms with Crippen LogP contribution in [0.5, 0.6) is 17.2 Å². The van der Waals surface area contributed by atoms with Crippen LogP contribution >= 0.6 is 11.3 Å². The van der Waals surface area contributed by atoms with Gasteiger partial charge in [0.05, 0.1) is 30.5 Å². The van der Waals surface area contributed by atoms with Gasteiger partial charge in [-0.25, -0.2) is 4.98 Å². The number of benzene rings is 2. The van der Waals surface area contributed by atoms with Crippen LogP contribution in [-0.2, 0) is 0 Å². The average molecular weight is 372 g/mol. The third-order valence-corrected chi connectivity index (χ3v) is 4.51. The minimum atomic E-state index is -0.265. The van der Waals surface area contributed by atoms with Crippen LogP contribution in [0.3, 0.4) is 0 Å². The van der Waals surface area contributed by atoms with Crippen LogP contribution in [0.15, 0.2) is 36.4 Å². The number of hydrogen-bond acceptors (Lipinski definition) is 6. The van der Waals surface area contributed by atoms with Crippen LogP contribution in [0, 0.1) is 0 Å². The van der Waals surface area contributed by atoms with Crippen molar-refractivity contribution in [1.29, 1.82) is 0 Å². The second-order valence-electron chi connectivity index (χ2n) is 5.37. The summed E-state index contributed by atoms with van der Waals surface area (Å²) in [5.41, 5.74) is 1.26. The number of aromatic nitrogens is 1. The molecule has 26 heavy (non-hydrogen) atoms. The Labute approximate surface area is 155 Å². The molecule has 0 atom stereocenters. The van der Waals surface area contributed by atoms with Crippen molar-refractivity contribution in [2.45, 2.75) is 13.8 Å². The number of rotatable bonds is 7. The second-order valence-corrected chi connectivity index (χ2v) is 6.40. The number of methoxy groups -OCH3 is 1. The molecule has 0 aliphatic heterocycles. The predicted molar refractivity (Wildman–Crippen MR) is 103 cm³/mol. The fourth-order valence-corrected chi connectivity index (χ4v) is 3.35. The van der Waals surface area contributed by atoms with E-state index < -0.39 is 0 Å². The van der Waals surface area contributed by atoms with E-state index in [1.807, 2.05) is 32.0 Å². The van der Waals surface area contributed by atoms with Gasteiger partial charge in [0, 0.05) is 11.6 Å². The summed E-state index contributed by atoms with van der Waals surface area (Å²) in [7, 11) is 1.62. The van der Waals surface area contributed by atoms with E-state index in [9.17, 15) is 4.79 Å². The maximum atomic E-state index is 12.6. The Kier molecular flexibility index (Phi) is 5.58. The topological polar surface area (TPSA) is 69.7 Å². The lowest BCUT2D eigenvalue weighted by Crippen LogP contribution is -2.12. The summed E-state index contributed by atoms with van der Waals surface area (Å²) < 4.78 is 17.2. The lowest BCUT2D eigenvalue weighted by molar-refractivity contribution is 0.102. The lowest BCUT2D eigenvalue weighted by Gasteiger charge is -2.10. The van der Waals surface area contributed by atoms with Gasteiger partial charge in [-0.05, 0) is 44.2 Å². The Morgan fingerprint density at radius 3 is 2.35 bits per heavy atom. The smallest absolute Gasteiger partial charge is 0.257 e. The van der Waals surface area contributed by atoms with Gasteiger partial charge >= 0.3 is 0 Å². The molecule has 6 nitrogen and oxygen atoms in total. The molecular formula is C19H20N2O4S. The van der Waals surface area contributed by atoms with Gasteiger partial charge in [-0.3, -0.25) is 10.1 Å². The molecule has 1 amide bonds. The summed E-state index contributed by atoms with van der Waals surface area (Å²) in [5, 5.41) is 3.37. The first-order chi connectivity index (χ1) is 12.6. The highest BCUT2D eigenvalue weighted by Gasteiger charge is 2.13.